The maximum absolute atomic E-state index is 13.9. The lowest BCUT2D eigenvalue weighted by Gasteiger charge is -2.35. The summed E-state index contributed by atoms with van der Waals surface area (Å²) in [5.74, 6) is 1.64. The van der Waals surface area contributed by atoms with E-state index in [0.717, 1.165) is 43.9 Å². The van der Waals surface area contributed by atoms with Crippen LogP contribution in [0.2, 0.25) is 0 Å². The lowest BCUT2D eigenvalue weighted by atomic mass is 9.78. The fourth-order valence-corrected chi connectivity index (χ4v) is 4.52. The first kappa shape index (κ1) is 19.6. The number of imidazole rings is 1. The van der Waals surface area contributed by atoms with Crippen LogP contribution < -0.4 is 10.2 Å². The maximum Gasteiger partial charge on any atom is 0.416 e. The number of aryl methyl sites for hydroxylation is 1. The summed E-state index contributed by atoms with van der Waals surface area (Å²) in [6.45, 7) is 1.35. The number of para-hydroxylation sites is 1. The molecule has 0 radical (unpaired) electrons. The Kier molecular flexibility index (Phi) is 4.88. The molecule has 1 amide bonds. The fraction of sp³-hybridized carbons (Fsp3) is 0.409. The number of nitrogens with zero attached hydrogens (tertiary/aromatic N) is 5. The molecule has 3 heterocycles. The van der Waals surface area contributed by atoms with E-state index in [0.29, 0.717) is 18.2 Å². The van der Waals surface area contributed by atoms with Crippen molar-refractivity contribution in [2.45, 2.75) is 31.3 Å². The zero-order valence-electron chi connectivity index (χ0n) is 17.4. The molecule has 1 aromatic carbocycles. The third-order valence-corrected chi connectivity index (χ3v) is 6.31. The number of anilines is 2. The minimum Gasteiger partial charge on any atom is -0.441 e. The number of hydrogen-bond acceptors (Lipinski definition) is 5. The molecule has 2 aliphatic rings. The predicted molar refractivity (Wildman–Crippen MR) is 114 cm³/mol. The Morgan fingerprint density at radius 1 is 1.26 bits per heavy atom. The van der Waals surface area contributed by atoms with E-state index in [1.165, 1.54) is 6.07 Å². The highest BCUT2D eigenvalue weighted by Gasteiger charge is 2.48. The van der Waals surface area contributed by atoms with Crippen LogP contribution in [0.1, 0.15) is 25.7 Å². The van der Waals surface area contributed by atoms with Crippen LogP contribution in [0.3, 0.4) is 0 Å². The van der Waals surface area contributed by atoms with Gasteiger partial charge in [-0.3, -0.25) is 4.90 Å². The number of aromatic nitrogens is 4. The van der Waals surface area contributed by atoms with E-state index >= 15 is 0 Å². The monoisotopic (exact) mass is 424 g/mol. The van der Waals surface area contributed by atoms with Crippen LogP contribution in [0.4, 0.5) is 20.8 Å². The Morgan fingerprint density at radius 2 is 2.06 bits per heavy atom. The second-order valence-corrected chi connectivity index (χ2v) is 8.42. The predicted octanol–water partition coefficient (Wildman–Crippen LogP) is 3.74. The smallest absolute Gasteiger partial charge is 0.416 e. The number of ether oxygens (including phenoxy) is 1. The first-order chi connectivity index (χ1) is 15.0. The number of nitrogens with one attached hydrogen (secondary N) is 1. The number of benzene rings is 1. The van der Waals surface area contributed by atoms with Crippen molar-refractivity contribution in [1.29, 1.82) is 0 Å². The first-order valence-electron chi connectivity index (χ1n) is 10.5. The van der Waals surface area contributed by atoms with Gasteiger partial charge in [-0.05, 0) is 43.7 Å². The van der Waals surface area contributed by atoms with E-state index in [-0.39, 0.29) is 11.9 Å². The van der Waals surface area contributed by atoms with Gasteiger partial charge in [0, 0.05) is 25.9 Å². The summed E-state index contributed by atoms with van der Waals surface area (Å²) in [5.41, 5.74) is 0.0146. The van der Waals surface area contributed by atoms with Gasteiger partial charge >= 0.3 is 6.09 Å². The molecular formula is C22H25FN6O2. The summed E-state index contributed by atoms with van der Waals surface area (Å²) in [6, 6.07) is 8.42. The fourth-order valence-electron chi connectivity index (χ4n) is 4.52. The molecular weight excluding hydrogens is 399 g/mol. The average Bonchev–Trinajstić information content (AvgIpc) is 3.47. The molecule has 1 spiro atoms. The zero-order chi connectivity index (χ0) is 21.4. The van der Waals surface area contributed by atoms with Crippen LogP contribution in [0, 0.1) is 11.7 Å². The third-order valence-electron chi connectivity index (χ3n) is 6.31. The average molecular weight is 424 g/mol. The van der Waals surface area contributed by atoms with E-state index in [1.807, 2.05) is 17.7 Å². The largest absolute Gasteiger partial charge is 0.441 e. The van der Waals surface area contributed by atoms with Gasteiger partial charge in [0.05, 0.1) is 19.1 Å². The molecule has 0 unspecified atom stereocenters. The lowest BCUT2D eigenvalue weighted by molar-refractivity contribution is 0.0148. The van der Waals surface area contributed by atoms with Crippen LogP contribution in [0.15, 0.2) is 49.1 Å². The molecule has 0 atom stereocenters. The highest BCUT2D eigenvalue weighted by atomic mass is 19.1. The standard InChI is InChI=1S/C22H25FN6O2/c1-27-15-24-13-20(27)28-14-22(31-21(28)30)9-6-16(7-10-22)12-25-19-8-11-29(26-19)18-5-3-2-4-17(18)23/h2-5,8,11,13,15-16H,6-7,9-10,12,14H2,1H3,(H,25,26). The summed E-state index contributed by atoms with van der Waals surface area (Å²) < 4.78 is 23.1. The van der Waals surface area contributed by atoms with E-state index < -0.39 is 5.60 Å². The summed E-state index contributed by atoms with van der Waals surface area (Å²) in [6.07, 6.45) is 8.44. The molecule has 0 bridgehead atoms. The van der Waals surface area contributed by atoms with Crippen molar-refractivity contribution in [3.05, 3.63) is 54.9 Å². The van der Waals surface area contributed by atoms with Crippen molar-refractivity contribution in [1.82, 2.24) is 19.3 Å². The molecule has 2 fully saturated rings. The SMILES string of the molecule is Cn1cncc1N1CC2(CCC(CNc3ccn(-c4ccccc4F)n3)CC2)OC1=O. The number of carbonyl (C=O) groups excluding carboxylic acids is 1. The number of rotatable bonds is 5. The molecule has 31 heavy (non-hydrogen) atoms. The molecule has 9 heteroatoms. The van der Waals surface area contributed by atoms with Crippen molar-refractivity contribution in [3.8, 4) is 5.69 Å². The van der Waals surface area contributed by atoms with Crippen molar-refractivity contribution in [3.63, 3.8) is 0 Å². The summed E-state index contributed by atoms with van der Waals surface area (Å²) in [7, 11) is 1.87. The summed E-state index contributed by atoms with van der Waals surface area (Å²) in [5, 5.41) is 7.80. The normalized spacial score (nSPS) is 23.4. The quantitative estimate of drug-likeness (QED) is 0.675. The van der Waals surface area contributed by atoms with Gasteiger partial charge in [-0.2, -0.15) is 5.10 Å². The van der Waals surface area contributed by atoms with Crippen LogP contribution >= 0.6 is 0 Å². The Bertz CT molecular complexity index is 1090. The number of amides is 1. The van der Waals surface area contributed by atoms with Crippen LogP contribution in [0.5, 0.6) is 0 Å². The van der Waals surface area contributed by atoms with Crippen molar-refractivity contribution < 1.29 is 13.9 Å². The minimum absolute atomic E-state index is 0.293. The zero-order valence-corrected chi connectivity index (χ0v) is 17.4. The van der Waals surface area contributed by atoms with E-state index in [2.05, 4.69) is 15.4 Å². The van der Waals surface area contributed by atoms with Crippen LogP contribution in [0.25, 0.3) is 5.69 Å². The maximum atomic E-state index is 13.9. The molecule has 162 valence electrons. The second-order valence-electron chi connectivity index (χ2n) is 8.42. The summed E-state index contributed by atoms with van der Waals surface area (Å²) in [4.78, 5) is 18.2. The van der Waals surface area contributed by atoms with Gasteiger partial charge in [0.25, 0.3) is 0 Å². The molecule has 1 N–H and O–H groups in total. The number of halogens is 1. The first-order valence-corrected chi connectivity index (χ1v) is 10.5. The Morgan fingerprint density at radius 3 is 2.81 bits per heavy atom. The van der Waals surface area contributed by atoms with E-state index in [9.17, 15) is 9.18 Å². The van der Waals surface area contributed by atoms with Crippen molar-refractivity contribution in [2.75, 3.05) is 23.3 Å². The molecule has 8 nitrogen and oxygen atoms in total. The van der Waals surface area contributed by atoms with Gasteiger partial charge in [-0.25, -0.2) is 18.9 Å². The van der Waals surface area contributed by atoms with Gasteiger partial charge in [-0.15, -0.1) is 0 Å². The Hall–Kier alpha value is -3.36. The minimum atomic E-state index is -0.412. The van der Waals surface area contributed by atoms with Gasteiger partial charge < -0.3 is 14.6 Å². The molecule has 2 aromatic heterocycles. The Labute approximate surface area is 179 Å². The van der Waals surface area contributed by atoms with Crippen LogP contribution in [-0.4, -0.2) is 44.1 Å². The molecule has 5 rings (SSSR count). The van der Waals surface area contributed by atoms with Crippen molar-refractivity contribution in [2.24, 2.45) is 13.0 Å². The molecule has 1 saturated carbocycles. The van der Waals surface area contributed by atoms with E-state index in [4.69, 9.17) is 4.74 Å². The Balaban J connectivity index is 1.16. The van der Waals surface area contributed by atoms with Crippen LogP contribution in [-0.2, 0) is 11.8 Å². The van der Waals surface area contributed by atoms with Gasteiger partial charge in [0.1, 0.15) is 28.7 Å². The molecule has 1 saturated heterocycles. The summed E-state index contributed by atoms with van der Waals surface area (Å²) >= 11 is 0. The highest BCUT2D eigenvalue weighted by molar-refractivity contribution is 5.89. The third kappa shape index (κ3) is 3.75. The lowest BCUT2D eigenvalue weighted by Crippen LogP contribution is -2.40. The number of hydrogen-bond donors (Lipinski definition) is 1. The highest BCUT2D eigenvalue weighted by Crippen LogP contribution is 2.40. The molecule has 3 aromatic rings. The molecule has 1 aliphatic heterocycles. The molecule has 1 aliphatic carbocycles. The van der Waals surface area contributed by atoms with Gasteiger partial charge in [0.2, 0.25) is 0 Å². The van der Waals surface area contributed by atoms with Gasteiger partial charge in [0.15, 0.2) is 0 Å². The van der Waals surface area contributed by atoms with Gasteiger partial charge in [-0.1, -0.05) is 12.1 Å². The van der Waals surface area contributed by atoms with Crippen molar-refractivity contribution >= 4 is 17.7 Å². The second kappa shape index (κ2) is 7.72. The van der Waals surface area contributed by atoms with E-state index in [1.54, 1.807) is 46.5 Å². The topological polar surface area (TPSA) is 77.2 Å². The number of carbonyl (C=O) groups is 1.